The van der Waals surface area contributed by atoms with Gasteiger partial charge in [0.15, 0.2) is 11.9 Å². The van der Waals surface area contributed by atoms with Crippen LogP contribution in [0.2, 0.25) is 0 Å². The molecule has 1 aromatic rings. The Morgan fingerprint density at radius 3 is 3.13 bits per heavy atom. The Bertz CT molecular complexity index is 395. The summed E-state index contributed by atoms with van der Waals surface area (Å²) in [6, 6.07) is 1.81. The highest BCUT2D eigenvalue weighted by Gasteiger charge is 2.26. The Balaban J connectivity index is 2.32. The summed E-state index contributed by atoms with van der Waals surface area (Å²) in [4.78, 5) is 15.7. The third kappa shape index (κ3) is 1.97. The summed E-state index contributed by atoms with van der Waals surface area (Å²) in [5.41, 5.74) is 1.57. The van der Waals surface area contributed by atoms with E-state index >= 15 is 0 Å². The van der Waals surface area contributed by atoms with Crippen LogP contribution in [0.25, 0.3) is 0 Å². The monoisotopic (exact) mass is 270 g/mol. The van der Waals surface area contributed by atoms with Crippen LogP contribution in [0.5, 0.6) is 5.75 Å². The number of fused-ring (bicyclic) bond motifs is 1. The molecule has 0 fully saturated rings. The van der Waals surface area contributed by atoms with E-state index in [0.29, 0.717) is 23.2 Å². The smallest absolute Gasteiger partial charge is 0.265 e. The Kier molecular flexibility index (Phi) is 2.90. The van der Waals surface area contributed by atoms with Crippen LogP contribution in [0.15, 0.2) is 12.3 Å². The molecule has 2 rings (SSSR count). The molecule has 0 radical (unpaired) electrons. The summed E-state index contributed by atoms with van der Waals surface area (Å²) in [5, 5.41) is 3.47. The number of rotatable bonds is 2. The van der Waals surface area contributed by atoms with E-state index < -0.39 is 6.10 Å². The molecule has 1 amide bonds. The van der Waals surface area contributed by atoms with Crippen molar-refractivity contribution in [1.29, 1.82) is 0 Å². The quantitative estimate of drug-likeness (QED) is 0.838. The summed E-state index contributed by atoms with van der Waals surface area (Å²) in [6.07, 6.45) is 1.91. The largest absolute Gasteiger partial charge is 0.477 e. The van der Waals surface area contributed by atoms with Gasteiger partial charge in [-0.05, 0) is 12.5 Å². The third-order valence-electron chi connectivity index (χ3n) is 2.25. The van der Waals surface area contributed by atoms with Gasteiger partial charge in [0.1, 0.15) is 0 Å². The maximum Gasteiger partial charge on any atom is 0.265 e. The second kappa shape index (κ2) is 4.18. The number of carbonyl (C=O) groups excluding carboxylic acids is 1. The minimum Gasteiger partial charge on any atom is -0.477 e. The molecule has 2 heterocycles. The van der Waals surface area contributed by atoms with Crippen LogP contribution in [0, 0.1) is 0 Å². The second-order valence-corrected chi connectivity index (χ2v) is 3.87. The molecular formula is C10H11BrN2O2. The van der Waals surface area contributed by atoms with E-state index in [1.807, 2.05) is 13.0 Å². The zero-order valence-electron chi connectivity index (χ0n) is 8.29. The van der Waals surface area contributed by atoms with E-state index in [4.69, 9.17) is 4.74 Å². The molecule has 0 aliphatic carbocycles. The normalized spacial score (nSPS) is 19.1. The summed E-state index contributed by atoms with van der Waals surface area (Å²) in [7, 11) is 0. The Morgan fingerprint density at radius 2 is 2.47 bits per heavy atom. The Hall–Kier alpha value is -1.10. The molecule has 0 bridgehead atoms. The molecule has 0 saturated carbocycles. The first kappa shape index (κ1) is 10.4. The van der Waals surface area contributed by atoms with E-state index in [1.54, 1.807) is 6.20 Å². The van der Waals surface area contributed by atoms with Crippen molar-refractivity contribution in [2.75, 3.05) is 5.32 Å². The SMILES string of the molecule is CCC1Oc2cnc(CBr)cc2NC1=O. The zero-order chi connectivity index (χ0) is 10.8. The number of hydrogen-bond donors (Lipinski definition) is 1. The van der Waals surface area contributed by atoms with Crippen LogP contribution in [-0.4, -0.2) is 17.0 Å². The minimum atomic E-state index is -0.394. The third-order valence-corrected chi connectivity index (χ3v) is 2.83. The molecule has 1 N–H and O–H groups in total. The standard InChI is InChI=1S/C10H11BrN2O2/c1-2-8-10(14)13-7-3-6(4-11)12-5-9(7)15-8/h3,5,8H,2,4H2,1H3,(H,13,14). The first-order valence-electron chi connectivity index (χ1n) is 4.77. The molecule has 1 aromatic heterocycles. The van der Waals surface area contributed by atoms with Gasteiger partial charge >= 0.3 is 0 Å². The number of anilines is 1. The lowest BCUT2D eigenvalue weighted by Gasteiger charge is -2.24. The Labute approximate surface area is 96.2 Å². The van der Waals surface area contributed by atoms with Gasteiger partial charge in [-0.3, -0.25) is 9.78 Å². The molecule has 4 nitrogen and oxygen atoms in total. The minimum absolute atomic E-state index is 0.0864. The average Bonchev–Trinajstić information content (AvgIpc) is 2.27. The molecule has 15 heavy (non-hydrogen) atoms. The highest BCUT2D eigenvalue weighted by atomic mass is 79.9. The van der Waals surface area contributed by atoms with Crippen molar-refractivity contribution in [3.8, 4) is 5.75 Å². The van der Waals surface area contributed by atoms with E-state index in [0.717, 1.165) is 5.69 Å². The summed E-state index contributed by atoms with van der Waals surface area (Å²) >= 11 is 3.31. The van der Waals surface area contributed by atoms with Crippen LogP contribution in [0.3, 0.4) is 0 Å². The van der Waals surface area contributed by atoms with Crippen LogP contribution < -0.4 is 10.1 Å². The number of ether oxygens (including phenoxy) is 1. The van der Waals surface area contributed by atoms with Gasteiger partial charge in [0, 0.05) is 5.33 Å². The topological polar surface area (TPSA) is 51.2 Å². The fraction of sp³-hybridized carbons (Fsp3) is 0.400. The fourth-order valence-corrected chi connectivity index (χ4v) is 1.75. The molecule has 1 atom stereocenters. The molecule has 80 valence electrons. The maximum absolute atomic E-state index is 11.5. The zero-order valence-corrected chi connectivity index (χ0v) is 9.87. The van der Waals surface area contributed by atoms with Gasteiger partial charge < -0.3 is 10.1 Å². The molecular weight excluding hydrogens is 260 g/mol. The van der Waals surface area contributed by atoms with Crippen LogP contribution in [-0.2, 0) is 10.1 Å². The number of halogens is 1. The van der Waals surface area contributed by atoms with Gasteiger partial charge in [0.2, 0.25) is 0 Å². The lowest BCUT2D eigenvalue weighted by molar-refractivity contribution is -0.123. The number of amides is 1. The number of nitrogens with one attached hydrogen (secondary N) is 1. The van der Waals surface area contributed by atoms with Gasteiger partial charge in [0.25, 0.3) is 5.91 Å². The van der Waals surface area contributed by atoms with Crippen molar-refractivity contribution in [3.63, 3.8) is 0 Å². The number of carbonyl (C=O) groups is 1. The van der Waals surface area contributed by atoms with Crippen molar-refractivity contribution in [2.24, 2.45) is 0 Å². The van der Waals surface area contributed by atoms with Gasteiger partial charge in [-0.25, -0.2) is 0 Å². The van der Waals surface area contributed by atoms with Crippen molar-refractivity contribution in [1.82, 2.24) is 4.98 Å². The number of alkyl halides is 1. The highest BCUT2D eigenvalue weighted by molar-refractivity contribution is 9.08. The number of aromatic nitrogens is 1. The molecule has 0 spiro atoms. The molecule has 5 heteroatoms. The first-order valence-corrected chi connectivity index (χ1v) is 5.89. The van der Waals surface area contributed by atoms with Crippen molar-refractivity contribution in [2.45, 2.75) is 24.8 Å². The van der Waals surface area contributed by atoms with E-state index in [9.17, 15) is 4.79 Å². The molecule has 0 saturated heterocycles. The average molecular weight is 271 g/mol. The fourth-order valence-electron chi connectivity index (χ4n) is 1.44. The molecule has 1 unspecified atom stereocenters. The van der Waals surface area contributed by atoms with Crippen molar-refractivity contribution in [3.05, 3.63) is 18.0 Å². The lowest BCUT2D eigenvalue weighted by Crippen LogP contribution is -2.36. The summed E-state index contributed by atoms with van der Waals surface area (Å²) in [6.45, 7) is 1.91. The van der Waals surface area contributed by atoms with Gasteiger partial charge in [0.05, 0.1) is 17.6 Å². The lowest BCUT2D eigenvalue weighted by atomic mass is 10.2. The van der Waals surface area contributed by atoms with Gasteiger partial charge in [-0.1, -0.05) is 22.9 Å². The van der Waals surface area contributed by atoms with Crippen molar-refractivity contribution < 1.29 is 9.53 Å². The van der Waals surface area contributed by atoms with Gasteiger partial charge in [-0.2, -0.15) is 0 Å². The predicted octanol–water partition coefficient (Wildman–Crippen LogP) is 2.09. The Morgan fingerprint density at radius 1 is 1.67 bits per heavy atom. The van der Waals surface area contributed by atoms with Crippen LogP contribution in [0.1, 0.15) is 19.0 Å². The van der Waals surface area contributed by atoms with Crippen LogP contribution in [0.4, 0.5) is 5.69 Å². The predicted molar refractivity (Wildman–Crippen MR) is 60.2 cm³/mol. The second-order valence-electron chi connectivity index (χ2n) is 3.31. The number of hydrogen-bond acceptors (Lipinski definition) is 3. The molecule has 1 aliphatic rings. The highest BCUT2D eigenvalue weighted by Crippen LogP contribution is 2.30. The summed E-state index contributed by atoms with van der Waals surface area (Å²) < 4.78 is 5.50. The van der Waals surface area contributed by atoms with Crippen LogP contribution >= 0.6 is 15.9 Å². The maximum atomic E-state index is 11.5. The van der Waals surface area contributed by atoms with Gasteiger partial charge in [-0.15, -0.1) is 0 Å². The number of nitrogens with zero attached hydrogens (tertiary/aromatic N) is 1. The van der Waals surface area contributed by atoms with E-state index in [1.165, 1.54) is 0 Å². The molecule has 0 aromatic carbocycles. The van der Waals surface area contributed by atoms with Crippen molar-refractivity contribution >= 4 is 27.5 Å². The van der Waals surface area contributed by atoms with E-state index in [2.05, 4.69) is 26.2 Å². The van der Waals surface area contributed by atoms with E-state index in [-0.39, 0.29) is 5.91 Å². The first-order chi connectivity index (χ1) is 7.24. The summed E-state index contributed by atoms with van der Waals surface area (Å²) in [5.74, 6) is 0.558. The molecule has 1 aliphatic heterocycles. The number of pyridine rings is 1.